The van der Waals surface area contributed by atoms with Gasteiger partial charge in [-0.3, -0.25) is 4.79 Å². The normalized spacial score (nSPS) is 14.2. The molecule has 0 saturated heterocycles. The second-order valence-electron chi connectivity index (χ2n) is 5.34. The number of hydrogen-bond donors (Lipinski definition) is 1. The Balaban J connectivity index is 1.64. The van der Waals surface area contributed by atoms with E-state index in [0.717, 1.165) is 11.3 Å². The van der Waals surface area contributed by atoms with Crippen molar-refractivity contribution in [1.82, 2.24) is 10.3 Å². The lowest BCUT2D eigenvalue weighted by Crippen LogP contribution is -2.26. The van der Waals surface area contributed by atoms with E-state index in [2.05, 4.69) is 23.3 Å². The SMILES string of the molecule is Cc1ccc(C(=O)NCCc2cnco2)c(C2CC2)c1. The molecule has 0 bridgehead atoms. The van der Waals surface area contributed by atoms with E-state index < -0.39 is 0 Å². The van der Waals surface area contributed by atoms with E-state index in [9.17, 15) is 4.79 Å². The fourth-order valence-electron chi connectivity index (χ4n) is 2.38. The summed E-state index contributed by atoms with van der Waals surface area (Å²) in [5.41, 5.74) is 3.22. The maximum atomic E-state index is 12.3. The van der Waals surface area contributed by atoms with Crippen LogP contribution in [-0.2, 0) is 6.42 Å². The molecule has 0 atom stereocenters. The smallest absolute Gasteiger partial charge is 0.251 e. The molecule has 0 spiro atoms. The summed E-state index contributed by atoms with van der Waals surface area (Å²) in [6.07, 6.45) is 6.13. The average Bonchev–Trinajstić information content (AvgIpc) is 3.16. The number of carbonyl (C=O) groups excluding carboxylic acids is 1. The number of benzene rings is 1. The molecule has 0 aliphatic heterocycles. The summed E-state index contributed by atoms with van der Waals surface area (Å²) in [7, 11) is 0. The van der Waals surface area contributed by atoms with E-state index in [-0.39, 0.29) is 5.91 Å². The summed E-state index contributed by atoms with van der Waals surface area (Å²) in [6, 6.07) is 6.08. The highest BCUT2D eigenvalue weighted by atomic mass is 16.3. The van der Waals surface area contributed by atoms with Crippen molar-refractivity contribution in [3.05, 3.63) is 53.2 Å². The second kappa shape index (κ2) is 5.49. The van der Waals surface area contributed by atoms with Crippen LogP contribution in [0.5, 0.6) is 0 Å². The number of carbonyl (C=O) groups is 1. The van der Waals surface area contributed by atoms with Crippen LogP contribution in [0.4, 0.5) is 0 Å². The van der Waals surface area contributed by atoms with Crippen LogP contribution in [0, 0.1) is 6.92 Å². The average molecular weight is 270 g/mol. The molecule has 2 aromatic rings. The van der Waals surface area contributed by atoms with Crippen molar-refractivity contribution in [3.8, 4) is 0 Å². The Kier molecular flexibility index (Phi) is 3.54. The first-order valence-electron chi connectivity index (χ1n) is 7.00. The molecule has 0 unspecified atom stereocenters. The van der Waals surface area contributed by atoms with Gasteiger partial charge in [0.25, 0.3) is 5.91 Å². The van der Waals surface area contributed by atoms with Crippen LogP contribution in [0.1, 0.15) is 46.0 Å². The fraction of sp³-hybridized carbons (Fsp3) is 0.375. The molecular formula is C16H18N2O2. The highest BCUT2D eigenvalue weighted by Gasteiger charge is 2.27. The lowest BCUT2D eigenvalue weighted by molar-refractivity contribution is 0.0952. The van der Waals surface area contributed by atoms with Gasteiger partial charge in [0.15, 0.2) is 6.39 Å². The first-order chi connectivity index (χ1) is 9.74. The van der Waals surface area contributed by atoms with Gasteiger partial charge >= 0.3 is 0 Å². The van der Waals surface area contributed by atoms with Gasteiger partial charge in [0.1, 0.15) is 5.76 Å². The summed E-state index contributed by atoms with van der Waals surface area (Å²) in [5.74, 6) is 1.37. The third kappa shape index (κ3) is 2.90. The van der Waals surface area contributed by atoms with E-state index in [4.69, 9.17) is 4.42 Å². The summed E-state index contributed by atoms with van der Waals surface area (Å²) in [5, 5.41) is 2.95. The van der Waals surface area contributed by atoms with Gasteiger partial charge in [-0.25, -0.2) is 4.98 Å². The second-order valence-corrected chi connectivity index (χ2v) is 5.34. The van der Waals surface area contributed by atoms with E-state index in [1.807, 2.05) is 12.1 Å². The maximum Gasteiger partial charge on any atom is 0.251 e. The number of hydrogen-bond acceptors (Lipinski definition) is 3. The molecule has 1 N–H and O–H groups in total. The Bertz CT molecular complexity index is 601. The zero-order chi connectivity index (χ0) is 13.9. The van der Waals surface area contributed by atoms with Gasteiger partial charge < -0.3 is 9.73 Å². The van der Waals surface area contributed by atoms with Crippen LogP contribution in [-0.4, -0.2) is 17.4 Å². The van der Waals surface area contributed by atoms with Gasteiger partial charge in [-0.15, -0.1) is 0 Å². The number of rotatable bonds is 5. The lowest BCUT2D eigenvalue weighted by Gasteiger charge is -2.10. The minimum atomic E-state index is 0.00594. The Labute approximate surface area is 118 Å². The van der Waals surface area contributed by atoms with Gasteiger partial charge in [-0.05, 0) is 37.3 Å². The Morgan fingerprint density at radius 3 is 3.00 bits per heavy atom. The highest BCUT2D eigenvalue weighted by molar-refractivity contribution is 5.96. The van der Waals surface area contributed by atoms with E-state index >= 15 is 0 Å². The zero-order valence-electron chi connectivity index (χ0n) is 11.6. The lowest BCUT2D eigenvalue weighted by atomic mass is 10.00. The number of nitrogens with one attached hydrogen (secondary N) is 1. The van der Waals surface area contributed by atoms with Crippen LogP contribution in [0.3, 0.4) is 0 Å². The third-order valence-corrected chi connectivity index (χ3v) is 3.61. The van der Waals surface area contributed by atoms with Crippen LogP contribution in [0.2, 0.25) is 0 Å². The van der Waals surface area contributed by atoms with Crippen molar-refractivity contribution in [2.75, 3.05) is 6.54 Å². The van der Waals surface area contributed by atoms with Gasteiger partial charge in [-0.2, -0.15) is 0 Å². The van der Waals surface area contributed by atoms with Crippen molar-refractivity contribution in [2.45, 2.75) is 32.1 Å². The van der Waals surface area contributed by atoms with E-state index in [1.165, 1.54) is 30.4 Å². The van der Waals surface area contributed by atoms with Crippen LogP contribution in [0.15, 0.2) is 35.2 Å². The molecular weight excluding hydrogens is 252 g/mol. The minimum Gasteiger partial charge on any atom is -0.448 e. The number of amides is 1. The summed E-state index contributed by atoms with van der Waals surface area (Å²) < 4.78 is 5.15. The first-order valence-corrected chi connectivity index (χ1v) is 7.00. The summed E-state index contributed by atoms with van der Waals surface area (Å²) >= 11 is 0. The summed E-state index contributed by atoms with van der Waals surface area (Å²) in [6.45, 7) is 2.63. The topological polar surface area (TPSA) is 55.1 Å². The molecule has 1 aliphatic rings. The Hall–Kier alpha value is -2.10. The summed E-state index contributed by atoms with van der Waals surface area (Å²) in [4.78, 5) is 16.1. The van der Waals surface area contributed by atoms with Gasteiger partial charge in [0.05, 0.1) is 6.20 Å². The molecule has 1 aromatic carbocycles. The molecule has 1 saturated carbocycles. The number of aryl methyl sites for hydroxylation is 1. The zero-order valence-corrected chi connectivity index (χ0v) is 11.6. The first kappa shape index (κ1) is 12.9. The predicted molar refractivity (Wildman–Crippen MR) is 75.7 cm³/mol. The highest BCUT2D eigenvalue weighted by Crippen LogP contribution is 2.41. The molecule has 20 heavy (non-hydrogen) atoms. The minimum absolute atomic E-state index is 0.00594. The van der Waals surface area contributed by atoms with Crippen molar-refractivity contribution in [2.24, 2.45) is 0 Å². The standard InChI is InChI=1S/C16H18N2O2/c1-11-2-5-14(15(8-11)12-3-4-12)16(19)18-7-6-13-9-17-10-20-13/h2,5,8-10,12H,3-4,6-7H2,1H3,(H,18,19). The molecule has 4 nitrogen and oxygen atoms in total. The largest absolute Gasteiger partial charge is 0.448 e. The third-order valence-electron chi connectivity index (χ3n) is 3.61. The number of aromatic nitrogens is 1. The van der Waals surface area contributed by atoms with Crippen molar-refractivity contribution in [3.63, 3.8) is 0 Å². The van der Waals surface area contributed by atoms with Gasteiger partial charge in [0, 0.05) is 18.5 Å². The fourth-order valence-corrected chi connectivity index (χ4v) is 2.38. The van der Waals surface area contributed by atoms with E-state index in [0.29, 0.717) is 18.9 Å². The molecule has 0 radical (unpaired) electrons. The van der Waals surface area contributed by atoms with Crippen LogP contribution >= 0.6 is 0 Å². The molecule has 1 aliphatic carbocycles. The van der Waals surface area contributed by atoms with E-state index in [1.54, 1.807) is 6.20 Å². The van der Waals surface area contributed by atoms with Crippen molar-refractivity contribution >= 4 is 5.91 Å². The van der Waals surface area contributed by atoms with Crippen molar-refractivity contribution < 1.29 is 9.21 Å². The van der Waals surface area contributed by atoms with Gasteiger partial charge in [-0.1, -0.05) is 17.7 Å². The predicted octanol–water partition coefficient (Wildman–Crippen LogP) is 2.83. The van der Waals surface area contributed by atoms with Crippen LogP contribution < -0.4 is 5.32 Å². The molecule has 3 rings (SSSR count). The van der Waals surface area contributed by atoms with Crippen LogP contribution in [0.25, 0.3) is 0 Å². The van der Waals surface area contributed by atoms with Gasteiger partial charge in [0.2, 0.25) is 0 Å². The molecule has 1 aromatic heterocycles. The Morgan fingerprint density at radius 2 is 2.30 bits per heavy atom. The Morgan fingerprint density at radius 1 is 1.45 bits per heavy atom. The molecule has 1 amide bonds. The monoisotopic (exact) mass is 270 g/mol. The number of oxazole rings is 1. The quantitative estimate of drug-likeness (QED) is 0.909. The molecule has 1 fully saturated rings. The molecule has 104 valence electrons. The maximum absolute atomic E-state index is 12.3. The molecule has 1 heterocycles. The van der Waals surface area contributed by atoms with Crippen molar-refractivity contribution in [1.29, 1.82) is 0 Å². The molecule has 4 heteroatoms. The number of nitrogens with zero attached hydrogens (tertiary/aromatic N) is 1.